The molecule has 3 rings (SSSR count). The standard InChI is InChI=1S/C19H20N4O4/c1-23-10-12(17(20)24)8-16(23)18(25)22-15(19(26)27-2)7-11-9-21-14-6-4-3-5-13(11)14/h3-6,8-10,15,21H,7H2,1-2H3,(H2,20,24)(H,22,25)/t15-/m1/s1. The lowest BCUT2D eigenvalue weighted by Crippen LogP contribution is -2.43. The maximum absolute atomic E-state index is 12.6. The number of aromatic nitrogens is 2. The number of primary amides is 1. The van der Waals surface area contributed by atoms with Gasteiger partial charge in [-0.25, -0.2) is 4.79 Å². The highest BCUT2D eigenvalue weighted by atomic mass is 16.5. The van der Waals surface area contributed by atoms with Crippen molar-refractivity contribution in [3.8, 4) is 0 Å². The lowest BCUT2D eigenvalue weighted by Gasteiger charge is -2.16. The van der Waals surface area contributed by atoms with E-state index in [1.54, 1.807) is 13.2 Å². The Kier molecular flexibility index (Phi) is 4.98. The number of carbonyl (C=O) groups is 3. The second-order valence-electron chi connectivity index (χ2n) is 6.20. The Hall–Kier alpha value is -3.55. The van der Waals surface area contributed by atoms with E-state index in [1.807, 2.05) is 24.3 Å². The first kappa shape index (κ1) is 18.2. The fourth-order valence-corrected chi connectivity index (χ4v) is 3.01. The number of hydrogen-bond acceptors (Lipinski definition) is 4. The Labute approximate surface area is 155 Å². The minimum Gasteiger partial charge on any atom is -0.467 e. The Morgan fingerprint density at radius 3 is 2.70 bits per heavy atom. The number of carbonyl (C=O) groups excluding carboxylic acids is 3. The molecular formula is C19H20N4O4. The molecule has 2 amide bonds. The third-order valence-electron chi connectivity index (χ3n) is 4.41. The van der Waals surface area contributed by atoms with Gasteiger partial charge in [-0.1, -0.05) is 18.2 Å². The van der Waals surface area contributed by atoms with Crippen LogP contribution in [0.4, 0.5) is 0 Å². The van der Waals surface area contributed by atoms with Crippen LogP contribution < -0.4 is 11.1 Å². The van der Waals surface area contributed by atoms with Gasteiger partial charge in [0, 0.05) is 36.8 Å². The summed E-state index contributed by atoms with van der Waals surface area (Å²) >= 11 is 0. The van der Waals surface area contributed by atoms with E-state index in [0.29, 0.717) is 0 Å². The molecule has 0 saturated heterocycles. The summed E-state index contributed by atoms with van der Waals surface area (Å²) in [5.41, 5.74) is 7.51. The zero-order chi connectivity index (χ0) is 19.6. The molecule has 4 N–H and O–H groups in total. The van der Waals surface area contributed by atoms with Gasteiger partial charge in [0.05, 0.1) is 12.7 Å². The Balaban J connectivity index is 1.84. The fraction of sp³-hybridized carbons (Fsp3) is 0.211. The lowest BCUT2D eigenvalue weighted by molar-refractivity contribution is -0.142. The number of esters is 1. The SMILES string of the molecule is COC(=O)[C@@H](Cc1c[nH]c2ccccc12)NC(=O)c1cc(C(N)=O)cn1C. The number of ether oxygens (including phenoxy) is 1. The molecule has 0 unspecified atom stereocenters. The summed E-state index contributed by atoms with van der Waals surface area (Å²) in [6, 6.07) is 8.19. The maximum atomic E-state index is 12.6. The van der Waals surface area contributed by atoms with E-state index < -0.39 is 23.8 Å². The summed E-state index contributed by atoms with van der Waals surface area (Å²) < 4.78 is 6.32. The monoisotopic (exact) mass is 368 g/mol. The van der Waals surface area contributed by atoms with Crippen LogP contribution in [0.25, 0.3) is 10.9 Å². The normalized spacial score (nSPS) is 11.9. The number of aromatic amines is 1. The number of methoxy groups -OCH3 is 1. The first-order valence-corrected chi connectivity index (χ1v) is 8.30. The summed E-state index contributed by atoms with van der Waals surface area (Å²) in [5, 5.41) is 3.65. The molecule has 8 heteroatoms. The molecule has 0 aliphatic heterocycles. The molecule has 2 heterocycles. The molecular weight excluding hydrogens is 348 g/mol. The quantitative estimate of drug-likeness (QED) is 0.565. The molecule has 0 aliphatic carbocycles. The topological polar surface area (TPSA) is 119 Å². The first-order chi connectivity index (χ1) is 12.9. The molecule has 8 nitrogen and oxygen atoms in total. The van der Waals surface area contributed by atoms with Crippen LogP contribution in [-0.2, 0) is 23.0 Å². The molecule has 3 aromatic rings. The van der Waals surface area contributed by atoms with Gasteiger partial charge in [0.1, 0.15) is 11.7 Å². The number of aryl methyl sites for hydroxylation is 1. The summed E-state index contributed by atoms with van der Waals surface area (Å²) in [7, 11) is 2.89. The van der Waals surface area contributed by atoms with Crippen molar-refractivity contribution in [3.63, 3.8) is 0 Å². The molecule has 0 radical (unpaired) electrons. The van der Waals surface area contributed by atoms with Crippen molar-refractivity contribution >= 4 is 28.7 Å². The van der Waals surface area contributed by atoms with Gasteiger partial charge in [-0.3, -0.25) is 9.59 Å². The van der Waals surface area contributed by atoms with Crippen molar-refractivity contribution in [2.45, 2.75) is 12.5 Å². The number of para-hydroxylation sites is 1. The molecule has 2 aromatic heterocycles. The van der Waals surface area contributed by atoms with Crippen molar-refractivity contribution in [2.75, 3.05) is 7.11 Å². The van der Waals surface area contributed by atoms with Crippen LogP contribution in [0.5, 0.6) is 0 Å². The third kappa shape index (κ3) is 3.69. The Morgan fingerprint density at radius 2 is 2.04 bits per heavy atom. The van der Waals surface area contributed by atoms with Gasteiger partial charge in [0.15, 0.2) is 0 Å². The summed E-state index contributed by atoms with van der Waals surface area (Å²) in [5.74, 6) is -1.69. The zero-order valence-corrected chi connectivity index (χ0v) is 15.0. The van der Waals surface area contributed by atoms with E-state index in [-0.39, 0.29) is 17.7 Å². The highest BCUT2D eigenvalue weighted by Gasteiger charge is 2.25. The van der Waals surface area contributed by atoms with E-state index in [1.165, 1.54) is 23.9 Å². The van der Waals surface area contributed by atoms with E-state index in [9.17, 15) is 14.4 Å². The third-order valence-corrected chi connectivity index (χ3v) is 4.41. The van der Waals surface area contributed by atoms with Crippen molar-refractivity contribution in [1.29, 1.82) is 0 Å². The predicted octanol–water partition coefficient (Wildman–Crippen LogP) is 1.12. The van der Waals surface area contributed by atoms with Gasteiger partial charge in [-0.2, -0.15) is 0 Å². The van der Waals surface area contributed by atoms with Crippen LogP contribution in [0.3, 0.4) is 0 Å². The number of nitrogens with one attached hydrogen (secondary N) is 2. The Morgan fingerprint density at radius 1 is 1.30 bits per heavy atom. The highest BCUT2D eigenvalue weighted by Crippen LogP contribution is 2.19. The molecule has 0 aliphatic rings. The molecule has 1 aromatic carbocycles. The van der Waals surface area contributed by atoms with Crippen molar-refractivity contribution in [3.05, 3.63) is 59.5 Å². The predicted molar refractivity (Wildman–Crippen MR) is 99.2 cm³/mol. The Bertz CT molecular complexity index is 1020. The van der Waals surface area contributed by atoms with Gasteiger partial charge < -0.3 is 25.3 Å². The average Bonchev–Trinajstić information content (AvgIpc) is 3.24. The van der Waals surface area contributed by atoms with Crippen LogP contribution in [0.15, 0.2) is 42.7 Å². The molecule has 0 saturated carbocycles. The maximum Gasteiger partial charge on any atom is 0.328 e. The summed E-state index contributed by atoms with van der Waals surface area (Å²) in [6.07, 6.45) is 3.53. The minimum absolute atomic E-state index is 0.217. The fourth-order valence-electron chi connectivity index (χ4n) is 3.01. The van der Waals surface area contributed by atoms with Gasteiger partial charge in [-0.15, -0.1) is 0 Å². The second kappa shape index (κ2) is 7.36. The number of benzene rings is 1. The number of nitrogens with zero attached hydrogens (tertiary/aromatic N) is 1. The number of rotatable bonds is 6. The van der Waals surface area contributed by atoms with Crippen LogP contribution in [0, 0.1) is 0 Å². The molecule has 0 spiro atoms. The molecule has 0 bridgehead atoms. The molecule has 1 atom stereocenters. The number of hydrogen-bond donors (Lipinski definition) is 3. The van der Waals surface area contributed by atoms with E-state index in [0.717, 1.165) is 16.5 Å². The van der Waals surface area contributed by atoms with Crippen LogP contribution in [-0.4, -0.2) is 40.5 Å². The summed E-state index contributed by atoms with van der Waals surface area (Å²) in [4.78, 5) is 39.3. The van der Waals surface area contributed by atoms with Crippen LogP contribution >= 0.6 is 0 Å². The van der Waals surface area contributed by atoms with Crippen molar-refractivity contribution in [1.82, 2.24) is 14.9 Å². The average molecular weight is 368 g/mol. The van der Waals surface area contributed by atoms with Crippen molar-refractivity contribution in [2.24, 2.45) is 12.8 Å². The second-order valence-corrected chi connectivity index (χ2v) is 6.20. The smallest absolute Gasteiger partial charge is 0.328 e. The van der Waals surface area contributed by atoms with E-state index in [4.69, 9.17) is 10.5 Å². The lowest BCUT2D eigenvalue weighted by atomic mass is 10.0. The van der Waals surface area contributed by atoms with Crippen molar-refractivity contribution < 1.29 is 19.1 Å². The first-order valence-electron chi connectivity index (χ1n) is 8.30. The van der Waals surface area contributed by atoms with Gasteiger partial charge in [0.25, 0.3) is 5.91 Å². The number of amides is 2. The van der Waals surface area contributed by atoms with E-state index in [2.05, 4.69) is 10.3 Å². The molecule has 140 valence electrons. The molecule has 0 fully saturated rings. The zero-order valence-electron chi connectivity index (χ0n) is 15.0. The number of H-pyrrole nitrogens is 1. The van der Waals surface area contributed by atoms with Crippen LogP contribution in [0.1, 0.15) is 26.4 Å². The number of fused-ring (bicyclic) bond motifs is 1. The van der Waals surface area contributed by atoms with Gasteiger partial charge >= 0.3 is 5.97 Å². The number of nitrogens with two attached hydrogens (primary N) is 1. The minimum atomic E-state index is -0.881. The van der Waals surface area contributed by atoms with Gasteiger partial charge in [-0.05, 0) is 17.7 Å². The van der Waals surface area contributed by atoms with E-state index >= 15 is 0 Å². The van der Waals surface area contributed by atoms with Gasteiger partial charge in [0.2, 0.25) is 5.91 Å². The van der Waals surface area contributed by atoms with Crippen LogP contribution in [0.2, 0.25) is 0 Å². The summed E-state index contributed by atoms with van der Waals surface area (Å²) in [6.45, 7) is 0. The molecule has 27 heavy (non-hydrogen) atoms. The highest BCUT2D eigenvalue weighted by molar-refractivity contribution is 6.00. The largest absolute Gasteiger partial charge is 0.467 e.